The minimum Gasteiger partial charge on any atom is -0.494 e. The number of hydrogen-bond donors (Lipinski definition) is 0. The molecule has 0 aromatic heterocycles. The lowest BCUT2D eigenvalue weighted by Crippen LogP contribution is -2.50. The van der Waals surface area contributed by atoms with Gasteiger partial charge in [-0.3, -0.25) is 9.69 Å². The molecule has 3 rings (SSSR count). The summed E-state index contributed by atoms with van der Waals surface area (Å²) < 4.78 is 11.4. The molecule has 2 aromatic carbocycles. The van der Waals surface area contributed by atoms with Crippen molar-refractivity contribution in [2.24, 2.45) is 0 Å². The van der Waals surface area contributed by atoms with E-state index in [2.05, 4.69) is 61.9 Å². The van der Waals surface area contributed by atoms with E-state index in [1.165, 1.54) is 0 Å². The summed E-state index contributed by atoms with van der Waals surface area (Å²) in [5.74, 6) is 1.04. The summed E-state index contributed by atoms with van der Waals surface area (Å²) in [6.07, 6.45) is 6.00. The molecule has 1 aliphatic heterocycles. The van der Waals surface area contributed by atoms with Crippen LogP contribution in [0.25, 0.3) is 0 Å². The molecule has 0 radical (unpaired) electrons. The Hall–Kier alpha value is -2.37. The highest BCUT2D eigenvalue weighted by Crippen LogP contribution is 2.38. The van der Waals surface area contributed by atoms with E-state index in [0.29, 0.717) is 0 Å². The summed E-state index contributed by atoms with van der Waals surface area (Å²) in [5.41, 5.74) is 2.26. The molecule has 0 amide bonds. The van der Waals surface area contributed by atoms with Gasteiger partial charge in [0, 0.05) is 24.3 Å². The maximum atomic E-state index is 14.3. The number of ether oxygens (including phenoxy) is 2. The highest BCUT2D eigenvalue weighted by molar-refractivity contribution is 6.04. The van der Waals surface area contributed by atoms with Gasteiger partial charge in [0.15, 0.2) is 5.78 Å². The van der Waals surface area contributed by atoms with Crippen molar-refractivity contribution < 1.29 is 14.3 Å². The van der Waals surface area contributed by atoms with Gasteiger partial charge in [0.2, 0.25) is 0 Å². The van der Waals surface area contributed by atoms with Gasteiger partial charge in [-0.25, -0.2) is 0 Å². The number of hydrogen-bond acceptors (Lipinski definition) is 5. The Morgan fingerprint density at radius 1 is 0.943 bits per heavy atom. The lowest BCUT2D eigenvalue weighted by atomic mass is 9.77. The van der Waals surface area contributed by atoms with Crippen molar-refractivity contribution in [2.45, 2.75) is 64.8 Å². The van der Waals surface area contributed by atoms with Crippen LogP contribution in [0.4, 0.5) is 5.69 Å². The highest BCUT2D eigenvalue weighted by Gasteiger charge is 2.43. The van der Waals surface area contributed by atoms with Gasteiger partial charge in [0.25, 0.3) is 0 Å². The number of carbonyl (C=O) groups is 1. The Bertz CT molecular complexity index is 891. The number of ketones is 1. The molecule has 1 heterocycles. The SMILES string of the molecule is CCCCOc1ccc(C(CCC)(C(=O)c2ccc(N3CCOCC3)cc2)N(C)CCCC)cc1. The van der Waals surface area contributed by atoms with Crippen molar-refractivity contribution in [3.8, 4) is 5.75 Å². The first-order chi connectivity index (χ1) is 17.1. The zero-order chi connectivity index (χ0) is 25.1. The number of morpholine rings is 1. The highest BCUT2D eigenvalue weighted by atomic mass is 16.5. The fourth-order valence-corrected chi connectivity index (χ4v) is 4.97. The topological polar surface area (TPSA) is 42.0 Å². The van der Waals surface area contributed by atoms with Gasteiger partial charge in [-0.1, -0.05) is 52.2 Å². The summed E-state index contributed by atoms with van der Waals surface area (Å²) in [4.78, 5) is 18.9. The van der Waals surface area contributed by atoms with E-state index in [4.69, 9.17) is 9.47 Å². The number of Topliss-reactive ketones (excluding diaryl/α,β-unsaturated/α-hetero) is 1. The quantitative estimate of drug-likeness (QED) is 0.234. The predicted octanol–water partition coefficient (Wildman–Crippen LogP) is 6.31. The van der Waals surface area contributed by atoms with Crippen LogP contribution in [-0.2, 0) is 10.3 Å². The Morgan fingerprint density at radius 3 is 2.20 bits per heavy atom. The van der Waals surface area contributed by atoms with Crippen LogP contribution in [0.2, 0.25) is 0 Å². The third kappa shape index (κ3) is 6.65. The van der Waals surface area contributed by atoms with E-state index >= 15 is 0 Å². The molecule has 0 spiro atoms. The van der Waals surface area contributed by atoms with Gasteiger partial charge < -0.3 is 14.4 Å². The zero-order valence-corrected chi connectivity index (χ0v) is 22.2. The number of carbonyl (C=O) groups excluding carboxylic acids is 1. The smallest absolute Gasteiger partial charge is 0.187 e. The maximum absolute atomic E-state index is 14.3. The molecule has 0 bridgehead atoms. The van der Waals surface area contributed by atoms with Crippen molar-refractivity contribution >= 4 is 11.5 Å². The number of likely N-dealkylation sites (N-methyl/N-ethyl adjacent to an activating group) is 1. The summed E-state index contributed by atoms with van der Waals surface area (Å²) in [6.45, 7) is 11.4. The van der Waals surface area contributed by atoms with Crippen molar-refractivity contribution in [2.75, 3.05) is 51.4 Å². The van der Waals surface area contributed by atoms with Crippen LogP contribution in [0.3, 0.4) is 0 Å². The van der Waals surface area contributed by atoms with Crippen LogP contribution in [0.15, 0.2) is 48.5 Å². The van der Waals surface area contributed by atoms with Gasteiger partial charge >= 0.3 is 0 Å². The fourth-order valence-electron chi connectivity index (χ4n) is 4.97. The third-order valence-electron chi connectivity index (χ3n) is 7.09. The average Bonchev–Trinajstić information content (AvgIpc) is 2.91. The van der Waals surface area contributed by atoms with E-state index in [9.17, 15) is 4.79 Å². The van der Waals surface area contributed by atoms with Gasteiger partial charge in [-0.05, 0) is 74.8 Å². The third-order valence-corrected chi connectivity index (χ3v) is 7.09. The van der Waals surface area contributed by atoms with E-state index in [0.717, 1.165) is 101 Å². The second-order valence-electron chi connectivity index (χ2n) is 9.59. The molecule has 5 heteroatoms. The second kappa shape index (κ2) is 13.6. The Balaban J connectivity index is 1.94. The summed E-state index contributed by atoms with van der Waals surface area (Å²) >= 11 is 0. The molecule has 1 atom stereocenters. The Labute approximate surface area is 212 Å². The van der Waals surface area contributed by atoms with E-state index in [1.807, 2.05) is 24.3 Å². The fraction of sp³-hybridized carbons (Fsp3) is 0.567. The van der Waals surface area contributed by atoms with Crippen molar-refractivity contribution in [3.63, 3.8) is 0 Å². The molecule has 1 saturated heterocycles. The minimum atomic E-state index is -0.702. The molecule has 0 aliphatic carbocycles. The standard InChI is InChI=1S/C30H44N2O3/c1-5-8-19-31(4)30(18-7-3,26-12-16-28(17-13-26)35-22-9-6-2)29(33)25-10-14-27(15-11-25)32-20-23-34-24-21-32/h10-17H,5-9,18-24H2,1-4H3. The predicted molar refractivity (Wildman–Crippen MR) is 145 cm³/mol. The van der Waals surface area contributed by atoms with Crippen LogP contribution in [0.1, 0.15) is 75.2 Å². The lowest BCUT2D eigenvalue weighted by molar-refractivity contribution is 0.0569. The molecule has 5 nitrogen and oxygen atoms in total. The van der Waals surface area contributed by atoms with Crippen molar-refractivity contribution in [3.05, 3.63) is 59.7 Å². The van der Waals surface area contributed by atoms with Crippen LogP contribution < -0.4 is 9.64 Å². The molecule has 0 saturated carbocycles. The van der Waals surface area contributed by atoms with Crippen LogP contribution in [-0.4, -0.2) is 57.2 Å². The molecule has 192 valence electrons. The van der Waals surface area contributed by atoms with Gasteiger partial charge in [-0.2, -0.15) is 0 Å². The van der Waals surface area contributed by atoms with E-state index < -0.39 is 5.54 Å². The molecule has 0 N–H and O–H groups in total. The monoisotopic (exact) mass is 480 g/mol. The molecule has 35 heavy (non-hydrogen) atoms. The number of anilines is 1. The molecular weight excluding hydrogens is 436 g/mol. The Morgan fingerprint density at radius 2 is 1.60 bits per heavy atom. The van der Waals surface area contributed by atoms with Crippen molar-refractivity contribution in [1.29, 1.82) is 0 Å². The minimum absolute atomic E-state index is 0.172. The normalized spacial score (nSPS) is 15.7. The van der Waals surface area contributed by atoms with Crippen LogP contribution >= 0.6 is 0 Å². The van der Waals surface area contributed by atoms with Gasteiger partial charge in [-0.15, -0.1) is 0 Å². The van der Waals surface area contributed by atoms with Crippen LogP contribution in [0.5, 0.6) is 5.75 Å². The van der Waals surface area contributed by atoms with E-state index in [1.54, 1.807) is 0 Å². The first-order valence-corrected chi connectivity index (χ1v) is 13.5. The molecule has 1 unspecified atom stereocenters. The molecule has 1 aliphatic rings. The average molecular weight is 481 g/mol. The first kappa shape index (κ1) is 27.2. The summed E-state index contributed by atoms with van der Waals surface area (Å²) in [6, 6.07) is 16.4. The molecular formula is C30H44N2O3. The number of nitrogens with zero attached hydrogens (tertiary/aromatic N) is 2. The van der Waals surface area contributed by atoms with Gasteiger partial charge in [0.05, 0.1) is 19.8 Å². The second-order valence-corrected chi connectivity index (χ2v) is 9.59. The molecule has 2 aromatic rings. The van der Waals surface area contributed by atoms with Crippen molar-refractivity contribution in [1.82, 2.24) is 4.90 Å². The number of benzene rings is 2. The van der Waals surface area contributed by atoms with E-state index in [-0.39, 0.29) is 5.78 Å². The lowest BCUT2D eigenvalue weighted by Gasteiger charge is -2.41. The zero-order valence-electron chi connectivity index (χ0n) is 22.2. The summed E-state index contributed by atoms with van der Waals surface area (Å²) in [5, 5.41) is 0. The number of unbranched alkanes of at least 4 members (excludes halogenated alkanes) is 2. The number of rotatable bonds is 14. The van der Waals surface area contributed by atoms with Crippen LogP contribution in [0, 0.1) is 0 Å². The first-order valence-electron chi connectivity index (χ1n) is 13.5. The van der Waals surface area contributed by atoms with Gasteiger partial charge in [0.1, 0.15) is 11.3 Å². The molecule has 1 fully saturated rings. The Kier molecular flexibility index (Phi) is 10.6. The maximum Gasteiger partial charge on any atom is 0.187 e. The summed E-state index contributed by atoms with van der Waals surface area (Å²) in [7, 11) is 2.11. The largest absolute Gasteiger partial charge is 0.494 e.